The Balaban J connectivity index is 2.01. The SMILES string of the molecule is CNCC1CCN(c2cncc(Br)c2)C1. The van der Waals surface area contributed by atoms with E-state index in [9.17, 15) is 0 Å². The van der Waals surface area contributed by atoms with Gasteiger partial charge in [-0.3, -0.25) is 4.98 Å². The maximum Gasteiger partial charge on any atom is 0.0564 e. The van der Waals surface area contributed by atoms with Crippen LogP contribution in [0.2, 0.25) is 0 Å². The summed E-state index contributed by atoms with van der Waals surface area (Å²) in [7, 11) is 2.02. The van der Waals surface area contributed by atoms with E-state index >= 15 is 0 Å². The molecule has 0 aliphatic carbocycles. The van der Waals surface area contributed by atoms with Gasteiger partial charge in [0.15, 0.2) is 0 Å². The second kappa shape index (κ2) is 4.94. The summed E-state index contributed by atoms with van der Waals surface area (Å²) in [5, 5.41) is 3.24. The highest BCUT2D eigenvalue weighted by Crippen LogP contribution is 2.24. The quantitative estimate of drug-likeness (QED) is 0.909. The molecule has 1 atom stereocenters. The van der Waals surface area contributed by atoms with E-state index in [2.05, 4.69) is 37.2 Å². The van der Waals surface area contributed by atoms with Crippen LogP contribution in [0.15, 0.2) is 22.9 Å². The van der Waals surface area contributed by atoms with Gasteiger partial charge in [-0.05, 0) is 47.9 Å². The number of rotatable bonds is 3. The molecule has 0 saturated carbocycles. The molecule has 82 valence electrons. The lowest BCUT2D eigenvalue weighted by Gasteiger charge is -2.18. The number of nitrogens with one attached hydrogen (secondary N) is 1. The summed E-state index contributed by atoms with van der Waals surface area (Å²) in [6, 6.07) is 2.13. The van der Waals surface area contributed by atoms with Crippen molar-refractivity contribution in [2.45, 2.75) is 6.42 Å². The molecule has 1 fully saturated rings. The second-order valence-electron chi connectivity index (χ2n) is 4.02. The number of pyridine rings is 1. The summed E-state index contributed by atoms with van der Waals surface area (Å²) in [4.78, 5) is 6.60. The lowest BCUT2D eigenvalue weighted by molar-refractivity contribution is 0.549. The maximum absolute atomic E-state index is 4.20. The van der Waals surface area contributed by atoms with Gasteiger partial charge in [-0.15, -0.1) is 0 Å². The monoisotopic (exact) mass is 269 g/mol. The van der Waals surface area contributed by atoms with Crippen molar-refractivity contribution in [3.63, 3.8) is 0 Å². The summed E-state index contributed by atoms with van der Waals surface area (Å²) in [5.74, 6) is 0.772. The van der Waals surface area contributed by atoms with Crippen molar-refractivity contribution >= 4 is 21.6 Å². The molecule has 2 heterocycles. The van der Waals surface area contributed by atoms with Gasteiger partial charge in [-0.25, -0.2) is 0 Å². The van der Waals surface area contributed by atoms with Crippen molar-refractivity contribution in [1.82, 2.24) is 10.3 Å². The van der Waals surface area contributed by atoms with E-state index in [1.54, 1.807) is 0 Å². The van der Waals surface area contributed by atoms with Crippen molar-refractivity contribution in [1.29, 1.82) is 0 Å². The van der Waals surface area contributed by atoms with E-state index in [-0.39, 0.29) is 0 Å². The van der Waals surface area contributed by atoms with Crippen LogP contribution in [0.4, 0.5) is 5.69 Å². The molecule has 15 heavy (non-hydrogen) atoms. The zero-order valence-corrected chi connectivity index (χ0v) is 10.5. The molecule has 4 heteroatoms. The molecule has 1 aliphatic heterocycles. The fraction of sp³-hybridized carbons (Fsp3) is 0.545. The van der Waals surface area contributed by atoms with Crippen LogP contribution >= 0.6 is 15.9 Å². The maximum atomic E-state index is 4.20. The van der Waals surface area contributed by atoms with Crippen molar-refractivity contribution in [3.8, 4) is 0 Å². The highest BCUT2D eigenvalue weighted by atomic mass is 79.9. The number of aromatic nitrogens is 1. The predicted molar refractivity (Wildman–Crippen MR) is 66.2 cm³/mol. The minimum Gasteiger partial charge on any atom is -0.370 e. The van der Waals surface area contributed by atoms with Crippen LogP contribution in [0.1, 0.15) is 6.42 Å². The van der Waals surface area contributed by atoms with Crippen LogP contribution in [0.3, 0.4) is 0 Å². The molecule has 1 saturated heterocycles. The Morgan fingerprint density at radius 3 is 3.20 bits per heavy atom. The molecular formula is C11H16BrN3. The molecule has 2 rings (SSSR count). The van der Waals surface area contributed by atoms with E-state index in [0.717, 1.165) is 30.0 Å². The van der Waals surface area contributed by atoms with Gasteiger partial charge < -0.3 is 10.2 Å². The number of hydrogen-bond acceptors (Lipinski definition) is 3. The van der Waals surface area contributed by atoms with Crippen LogP contribution in [0.5, 0.6) is 0 Å². The molecule has 1 N–H and O–H groups in total. The Hall–Kier alpha value is -0.610. The highest BCUT2D eigenvalue weighted by molar-refractivity contribution is 9.10. The molecule has 1 aromatic heterocycles. The molecule has 1 aliphatic rings. The first-order chi connectivity index (χ1) is 7.29. The van der Waals surface area contributed by atoms with Gasteiger partial charge in [0.05, 0.1) is 11.9 Å². The van der Waals surface area contributed by atoms with Gasteiger partial charge in [-0.1, -0.05) is 0 Å². The third-order valence-electron chi connectivity index (χ3n) is 2.83. The Labute approximate surface area is 99.0 Å². The van der Waals surface area contributed by atoms with Crippen LogP contribution < -0.4 is 10.2 Å². The first-order valence-electron chi connectivity index (χ1n) is 5.29. The van der Waals surface area contributed by atoms with Crippen molar-refractivity contribution in [2.24, 2.45) is 5.92 Å². The lowest BCUT2D eigenvalue weighted by atomic mass is 10.1. The molecule has 1 aromatic rings. The first-order valence-corrected chi connectivity index (χ1v) is 6.09. The van der Waals surface area contributed by atoms with Gasteiger partial charge in [0.2, 0.25) is 0 Å². The van der Waals surface area contributed by atoms with Crippen molar-refractivity contribution < 1.29 is 0 Å². The molecule has 0 radical (unpaired) electrons. The molecule has 3 nitrogen and oxygen atoms in total. The summed E-state index contributed by atoms with van der Waals surface area (Å²) in [6.07, 6.45) is 5.03. The Bertz CT molecular complexity index is 329. The number of anilines is 1. The van der Waals surface area contributed by atoms with Crippen molar-refractivity contribution in [3.05, 3.63) is 22.9 Å². The fourth-order valence-corrected chi connectivity index (χ4v) is 2.45. The van der Waals surface area contributed by atoms with Gasteiger partial charge >= 0.3 is 0 Å². The van der Waals surface area contributed by atoms with Gasteiger partial charge in [0.1, 0.15) is 0 Å². The van der Waals surface area contributed by atoms with Gasteiger partial charge in [-0.2, -0.15) is 0 Å². The summed E-state index contributed by atoms with van der Waals surface area (Å²) >= 11 is 3.45. The average Bonchev–Trinajstić information content (AvgIpc) is 2.67. The summed E-state index contributed by atoms with van der Waals surface area (Å²) < 4.78 is 1.05. The smallest absolute Gasteiger partial charge is 0.0564 e. The second-order valence-corrected chi connectivity index (χ2v) is 4.94. The molecule has 0 aromatic carbocycles. The fourth-order valence-electron chi connectivity index (χ4n) is 2.10. The number of hydrogen-bond donors (Lipinski definition) is 1. The number of nitrogens with zero attached hydrogens (tertiary/aromatic N) is 2. The molecule has 0 amide bonds. The van der Waals surface area contributed by atoms with Gasteiger partial charge in [0.25, 0.3) is 0 Å². The first kappa shape index (κ1) is 10.9. The average molecular weight is 270 g/mol. The summed E-state index contributed by atoms with van der Waals surface area (Å²) in [5.41, 5.74) is 1.22. The molecular weight excluding hydrogens is 254 g/mol. The van der Waals surface area contributed by atoms with E-state index in [1.165, 1.54) is 12.1 Å². The topological polar surface area (TPSA) is 28.2 Å². The standard InChI is InChI=1S/C11H16BrN3/c1-13-5-9-2-3-15(8-9)11-4-10(12)6-14-7-11/h4,6-7,9,13H,2-3,5,8H2,1H3. The molecule has 1 unspecified atom stereocenters. The van der Waals surface area contributed by atoms with Crippen LogP contribution in [0.25, 0.3) is 0 Å². The van der Waals surface area contributed by atoms with E-state index < -0.39 is 0 Å². The van der Waals surface area contributed by atoms with Crippen molar-refractivity contribution in [2.75, 3.05) is 31.6 Å². The lowest BCUT2D eigenvalue weighted by Crippen LogP contribution is -2.24. The minimum absolute atomic E-state index is 0.772. The Morgan fingerprint density at radius 1 is 1.60 bits per heavy atom. The molecule has 0 bridgehead atoms. The largest absolute Gasteiger partial charge is 0.370 e. The van der Waals surface area contributed by atoms with Crippen LogP contribution in [-0.2, 0) is 0 Å². The zero-order chi connectivity index (χ0) is 10.7. The Kier molecular flexibility index (Phi) is 3.59. The number of halogens is 1. The summed E-state index contributed by atoms with van der Waals surface area (Å²) in [6.45, 7) is 3.39. The van der Waals surface area contributed by atoms with Crippen LogP contribution in [0, 0.1) is 5.92 Å². The van der Waals surface area contributed by atoms with E-state index in [1.807, 2.05) is 19.4 Å². The van der Waals surface area contributed by atoms with E-state index in [4.69, 9.17) is 0 Å². The van der Waals surface area contributed by atoms with Gasteiger partial charge in [0, 0.05) is 23.8 Å². The predicted octanol–water partition coefficient (Wildman–Crippen LogP) is 1.89. The Morgan fingerprint density at radius 2 is 2.47 bits per heavy atom. The third kappa shape index (κ3) is 2.69. The highest BCUT2D eigenvalue weighted by Gasteiger charge is 2.22. The minimum atomic E-state index is 0.772. The van der Waals surface area contributed by atoms with E-state index in [0.29, 0.717) is 0 Å². The zero-order valence-electron chi connectivity index (χ0n) is 8.91. The van der Waals surface area contributed by atoms with Crippen LogP contribution in [-0.4, -0.2) is 31.7 Å². The molecule has 0 spiro atoms. The normalized spacial score (nSPS) is 20.9. The third-order valence-corrected chi connectivity index (χ3v) is 3.27.